The van der Waals surface area contributed by atoms with Crippen LogP contribution in [0.4, 0.5) is 87.8 Å². The van der Waals surface area contributed by atoms with Crippen LogP contribution in [0.1, 0.15) is 99.3 Å². The van der Waals surface area contributed by atoms with E-state index in [2.05, 4.69) is 9.47 Å². The van der Waals surface area contributed by atoms with Crippen molar-refractivity contribution < 1.29 is 107 Å². The Bertz CT molecular complexity index is 2130. The molecule has 0 heterocycles. The minimum absolute atomic E-state index is 0.0546. The zero-order chi connectivity index (χ0) is 50.8. The molecule has 0 atom stereocenters. The molecule has 0 aliphatic rings. The van der Waals surface area contributed by atoms with Gasteiger partial charge in [-0.15, -0.1) is 0 Å². The molecule has 0 N–H and O–H groups in total. The van der Waals surface area contributed by atoms with Gasteiger partial charge in [0.25, 0.3) is 6.08 Å². The van der Waals surface area contributed by atoms with Crippen molar-refractivity contribution in [2.24, 2.45) is 0 Å². The molecule has 0 aromatic heterocycles. The number of hydrogen-bond donors (Lipinski definition) is 0. The van der Waals surface area contributed by atoms with Crippen molar-refractivity contribution in [1.29, 1.82) is 0 Å². The Labute approximate surface area is 373 Å². The van der Waals surface area contributed by atoms with Crippen LogP contribution in [0, 0.1) is 46.5 Å². The zero-order valence-electron chi connectivity index (χ0n) is 34.7. The minimum atomic E-state index is -5.52. The highest BCUT2D eigenvalue weighted by molar-refractivity contribution is 5.37. The molecular weight excluding hydrogens is 972 g/mol. The summed E-state index contributed by atoms with van der Waals surface area (Å²) in [6.07, 6.45) is -18.2. The van der Waals surface area contributed by atoms with Crippen LogP contribution in [0.5, 0.6) is 23.0 Å². The van der Waals surface area contributed by atoms with Crippen molar-refractivity contribution in [1.82, 2.24) is 0 Å². The van der Waals surface area contributed by atoms with Crippen LogP contribution >= 0.6 is 0 Å². The summed E-state index contributed by atoms with van der Waals surface area (Å²) in [6.45, 7) is -0.301. The number of benzene rings is 4. The Morgan fingerprint density at radius 3 is 0.868 bits per heavy atom. The molecule has 0 saturated carbocycles. The highest BCUT2D eigenvalue weighted by Gasteiger charge is 2.45. The Morgan fingerprint density at radius 1 is 0.338 bits per heavy atom. The first kappa shape index (κ1) is 55.0. The summed E-state index contributed by atoms with van der Waals surface area (Å²) in [6, 6.07) is 0.525. The van der Waals surface area contributed by atoms with Crippen LogP contribution < -0.4 is 18.9 Å². The van der Waals surface area contributed by atoms with Gasteiger partial charge in [-0.2, -0.15) is 52.7 Å². The SMILES string of the molecule is FC(F)=C(CCCCCCCOc1cc(F)c(C(F)(F)Oc2cc(F)c(C(F)(F)F)c(F)c2)c(F)c1)CCCCCCCOc1cc(F)c(C(F)(F)Oc2cc(F)c(C(F)(F)F)c(F)c2)c(F)c1. The summed E-state index contributed by atoms with van der Waals surface area (Å²) in [4.78, 5) is 0. The van der Waals surface area contributed by atoms with Crippen LogP contribution in [0.3, 0.4) is 0 Å². The summed E-state index contributed by atoms with van der Waals surface area (Å²) in [5.41, 5.74) is -8.88. The second-order valence-corrected chi connectivity index (χ2v) is 14.9. The van der Waals surface area contributed by atoms with Crippen LogP contribution in [-0.4, -0.2) is 13.2 Å². The zero-order valence-corrected chi connectivity index (χ0v) is 34.7. The lowest BCUT2D eigenvalue weighted by molar-refractivity contribution is -0.190. The highest BCUT2D eigenvalue weighted by atomic mass is 19.4. The first-order chi connectivity index (χ1) is 31.6. The van der Waals surface area contributed by atoms with Gasteiger partial charge in [0.2, 0.25) is 0 Å². The number of unbranched alkanes of at least 4 members (excludes halogenated alkanes) is 8. The molecule has 4 rings (SSSR count). The molecule has 0 radical (unpaired) electrons. The lowest BCUT2D eigenvalue weighted by atomic mass is 10.0. The molecule has 0 bridgehead atoms. The Balaban J connectivity index is 1.10. The van der Waals surface area contributed by atoms with Crippen molar-refractivity contribution in [3.63, 3.8) is 0 Å². The fourth-order valence-electron chi connectivity index (χ4n) is 6.62. The molecule has 0 saturated heterocycles. The van der Waals surface area contributed by atoms with E-state index in [1.54, 1.807) is 0 Å². The maximum atomic E-state index is 14.6. The van der Waals surface area contributed by atoms with Gasteiger partial charge < -0.3 is 18.9 Å². The molecule has 4 aromatic carbocycles. The molecular formula is C44H36F20O4. The molecule has 68 heavy (non-hydrogen) atoms. The van der Waals surface area contributed by atoms with Gasteiger partial charge >= 0.3 is 24.6 Å². The number of rotatable bonds is 24. The lowest BCUT2D eigenvalue weighted by Gasteiger charge is -2.21. The van der Waals surface area contributed by atoms with Crippen molar-refractivity contribution >= 4 is 0 Å². The molecule has 0 amide bonds. The summed E-state index contributed by atoms with van der Waals surface area (Å²) in [5, 5.41) is 0. The average Bonchev–Trinajstić information content (AvgIpc) is 3.16. The smallest absolute Gasteiger partial charge is 0.432 e. The van der Waals surface area contributed by atoms with E-state index in [0.29, 0.717) is 88.5 Å². The quantitative estimate of drug-likeness (QED) is 0.0518. The fourth-order valence-corrected chi connectivity index (χ4v) is 6.62. The van der Waals surface area contributed by atoms with E-state index in [0.717, 1.165) is 0 Å². The van der Waals surface area contributed by atoms with E-state index in [9.17, 15) is 87.8 Å². The van der Waals surface area contributed by atoms with E-state index in [-0.39, 0.29) is 55.9 Å². The summed E-state index contributed by atoms with van der Waals surface area (Å²) < 4.78 is 294. The van der Waals surface area contributed by atoms with Crippen molar-refractivity contribution in [3.05, 3.63) is 129 Å². The molecule has 0 fully saturated rings. The first-order valence-electron chi connectivity index (χ1n) is 20.2. The van der Waals surface area contributed by atoms with E-state index in [4.69, 9.17) is 9.47 Å². The number of hydrogen-bond acceptors (Lipinski definition) is 4. The predicted octanol–water partition coefficient (Wildman–Crippen LogP) is 16.4. The van der Waals surface area contributed by atoms with Gasteiger partial charge in [-0.3, -0.25) is 0 Å². The second kappa shape index (κ2) is 23.1. The Kier molecular flexibility index (Phi) is 18.7. The molecule has 0 unspecified atom stereocenters. The number of halogens is 20. The van der Waals surface area contributed by atoms with Crippen LogP contribution in [0.2, 0.25) is 0 Å². The van der Waals surface area contributed by atoms with Gasteiger partial charge in [-0.05, 0) is 44.1 Å². The van der Waals surface area contributed by atoms with Gasteiger partial charge in [0.15, 0.2) is 0 Å². The van der Waals surface area contributed by atoms with Gasteiger partial charge in [0, 0.05) is 48.5 Å². The summed E-state index contributed by atoms with van der Waals surface area (Å²) in [5.74, 6) is -20.9. The van der Waals surface area contributed by atoms with Gasteiger partial charge in [0.05, 0.1) is 13.2 Å². The van der Waals surface area contributed by atoms with E-state index >= 15 is 0 Å². The molecule has 4 aromatic rings. The number of ether oxygens (including phenoxy) is 4. The Hall–Kier alpha value is -5.58. The first-order valence-corrected chi connectivity index (χ1v) is 20.2. The van der Waals surface area contributed by atoms with E-state index in [1.807, 2.05) is 0 Å². The monoisotopic (exact) mass is 1010 g/mol. The third kappa shape index (κ3) is 15.2. The largest absolute Gasteiger partial charge is 0.493 e. The second-order valence-electron chi connectivity index (χ2n) is 14.9. The van der Waals surface area contributed by atoms with Crippen LogP contribution in [0.25, 0.3) is 0 Å². The van der Waals surface area contributed by atoms with Gasteiger partial charge in [-0.25, -0.2) is 35.1 Å². The maximum Gasteiger partial charge on any atom is 0.432 e. The van der Waals surface area contributed by atoms with Crippen molar-refractivity contribution in [2.75, 3.05) is 13.2 Å². The molecule has 376 valence electrons. The van der Waals surface area contributed by atoms with Gasteiger partial charge in [-0.1, -0.05) is 38.5 Å². The molecule has 0 aliphatic carbocycles. The molecule has 24 heteroatoms. The van der Waals surface area contributed by atoms with Crippen molar-refractivity contribution in [2.45, 2.75) is 102 Å². The maximum absolute atomic E-state index is 14.6. The van der Waals surface area contributed by atoms with E-state index in [1.165, 1.54) is 0 Å². The predicted molar refractivity (Wildman–Crippen MR) is 200 cm³/mol. The third-order valence-corrected chi connectivity index (χ3v) is 9.75. The third-order valence-electron chi connectivity index (χ3n) is 9.75. The van der Waals surface area contributed by atoms with Crippen molar-refractivity contribution in [3.8, 4) is 23.0 Å². The number of allylic oxidation sites excluding steroid dienone is 1. The van der Waals surface area contributed by atoms with Crippen LogP contribution in [0.15, 0.2) is 60.2 Å². The fraction of sp³-hybridized carbons (Fsp3) is 0.409. The molecule has 0 spiro atoms. The highest BCUT2D eigenvalue weighted by Crippen LogP contribution is 2.42. The lowest BCUT2D eigenvalue weighted by Crippen LogP contribution is -2.25. The van der Waals surface area contributed by atoms with E-state index < -0.39 is 122 Å². The summed E-state index contributed by atoms with van der Waals surface area (Å²) >= 11 is 0. The standard InChI is InChI=1S/C44H36F20O4/c45-28-19-26(20-29(46)36(28)41(55,56)57)67-43(61,62)38-32(49)15-24(16-33(38)50)65-13-9-5-1-3-7-11-23(40(53)54)12-8-4-2-6-10-14-66-25-17-34(51)39(35(52)18-25)44(63,64)68-27-21-30(47)37(31(48)22-27)42(58,59)60/h15-22H,1-14H2. The summed E-state index contributed by atoms with van der Waals surface area (Å²) in [7, 11) is 0. The topological polar surface area (TPSA) is 36.9 Å². The molecule has 0 aliphatic heterocycles. The average molecular weight is 1010 g/mol. The van der Waals surface area contributed by atoms with Crippen LogP contribution in [-0.2, 0) is 24.6 Å². The number of alkyl halides is 10. The minimum Gasteiger partial charge on any atom is -0.493 e. The normalized spacial score (nSPS) is 12.4. The molecule has 4 nitrogen and oxygen atoms in total. The van der Waals surface area contributed by atoms with Gasteiger partial charge in [0.1, 0.15) is 91.8 Å². The Morgan fingerprint density at radius 2 is 0.588 bits per heavy atom.